The van der Waals surface area contributed by atoms with Crippen molar-refractivity contribution in [1.29, 1.82) is 0 Å². The van der Waals surface area contributed by atoms with Crippen molar-refractivity contribution < 1.29 is 9.21 Å². The Kier molecular flexibility index (Phi) is 5.33. The van der Waals surface area contributed by atoms with Gasteiger partial charge >= 0.3 is 0 Å². The molecule has 0 N–H and O–H groups in total. The molecule has 0 aliphatic carbocycles. The minimum absolute atomic E-state index is 0.0736. The summed E-state index contributed by atoms with van der Waals surface area (Å²) in [6, 6.07) is 19.6. The minimum Gasteiger partial charge on any atom is -0.467 e. The Morgan fingerprint density at radius 3 is 2.66 bits per heavy atom. The minimum atomic E-state index is -0.0736. The lowest BCUT2D eigenvalue weighted by Crippen LogP contribution is -2.30. The van der Waals surface area contributed by atoms with E-state index in [1.54, 1.807) is 22.3 Å². The Hall–Kier alpha value is -3.71. The van der Waals surface area contributed by atoms with Gasteiger partial charge in [-0.2, -0.15) is 5.10 Å². The molecule has 0 aliphatic rings. The molecular weight excluding hydrogens is 420 g/mol. The van der Waals surface area contributed by atoms with Gasteiger partial charge < -0.3 is 9.32 Å². The first kappa shape index (κ1) is 20.2. The number of aromatic nitrogens is 3. The lowest BCUT2D eigenvalue weighted by molar-refractivity contribution is 0.0721. The Balaban J connectivity index is 1.64. The van der Waals surface area contributed by atoms with Gasteiger partial charge in [0.25, 0.3) is 5.91 Å². The number of carbonyl (C=O) groups excluding carboxylic acids is 1. The van der Waals surface area contributed by atoms with E-state index < -0.39 is 0 Å². The molecule has 6 nitrogen and oxygen atoms in total. The summed E-state index contributed by atoms with van der Waals surface area (Å²) in [6.45, 7) is 2.80. The van der Waals surface area contributed by atoms with Crippen molar-refractivity contribution >= 4 is 28.3 Å². The van der Waals surface area contributed by atoms with Gasteiger partial charge in [-0.25, -0.2) is 4.98 Å². The standard InChI is InChI=1S/C25H22N4O2S/c1-17-23-21(14-22(18-8-4-3-5-9-18)26-24(23)28(2)27-17)25(30)29(15-19-10-6-12-31-19)16-20-11-7-13-32-20/h3-14H,15-16H2,1-2H3. The van der Waals surface area contributed by atoms with Crippen LogP contribution < -0.4 is 0 Å². The summed E-state index contributed by atoms with van der Waals surface area (Å²) in [6.07, 6.45) is 1.63. The fraction of sp³-hybridized carbons (Fsp3) is 0.160. The first-order valence-corrected chi connectivity index (χ1v) is 11.2. The first-order valence-electron chi connectivity index (χ1n) is 10.3. The van der Waals surface area contributed by atoms with Gasteiger partial charge in [-0.05, 0) is 36.6 Å². The molecule has 160 valence electrons. The fourth-order valence-corrected chi connectivity index (χ4v) is 4.64. The number of hydrogen-bond donors (Lipinski definition) is 0. The molecule has 0 aliphatic heterocycles. The smallest absolute Gasteiger partial charge is 0.255 e. The third-order valence-electron chi connectivity index (χ3n) is 5.41. The average Bonchev–Trinajstić information content (AvgIpc) is 3.56. The Labute approximate surface area is 189 Å². The topological polar surface area (TPSA) is 64.2 Å². The van der Waals surface area contributed by atoms with Crippen LogP contribution in [0.25, 0.3) is 22.3 Å². The number of carbonyl (C=O) groups is 1. The zero-order chi connectivity index (χ0) is 22.1. The summed E-state index contributed by atoms with van der Waals surface area (Å²) < 4.78 is 7.30. The first-order chi connectivity index (χ1) is 15.6. The maximum absolute atomic E-state index is 14.0. The molecule has 0 atom stereocenters. The van der Waals surface area contributed by atoms with Crippen molar-refractivity contribution in [3.63, 3.8) is 0 Å². The molecule has 0 fully saturated rings. The lowest BCUT2D eigenvalue weighted by atomic mass is 10.0. The van der Waals surface area contributed by atoms with Crippen LogP contribution in [0, 0.1) is 6.92 Å². The molecule has 0 saturated heterocycles. The molecule has 7 heteroatoms. The van der Waals surface area contributed by atoms with E-state index in [4.69, 9.17) is 9.40 Å². The zero-order valence-electron chi connectivity index (χ0n) is 17.9. The maximum atomic E-state index is 14.0. The Morgan fingerprint density at radius 1 is 1.09 bits per heavy atom. The van der Waals surface area contributed by atoms with E-state index >= 15 is 0 Å². The third-order valence-corrected chi connectivity index (χ3v) is 6.27. The number of pyridine rings is 1. The van der Waals surface area contributed by atoms with Crippen molar-refractivity contribution in [3.05, 3.63) is 94.2 Å². The number of benzene rings is 1. The van der Waals surface area contributed by atoms with Crippen LogP contribution in [-0.4, -0.2) is 25.6 Å². The summed E-state index contributed by atoms with van der Waals surface area (Å²) in [5, 5.41) is 7.35. The van der Waals surface area contributed by atoms with E-state index in [1.165, 1.54) is 0 Å². The van der Waals surface area contributed by atoms with Crippen molar-refractivity contribution in [3.8, 4) is 11.3 Å². The van der Waals surface area contributed by atoms with E-state index in [9.17, 15) is 4.79 Å². The van der Waals surface area contributed by atoms with Crippen LogP contribution in [0.2, 0.25) is 0 Å². The number of rotatable bonds is 6. The van der Waals surface area contributed by atoms with Gasteiger partial charge in [0.2, 0.25) is 0 Å². The van der Waals surface area contributed by atoms with Crippen LogP contribution in [0.4, 0.5) is 0 Å². The van der Waals surface area contributed by atoms with Crippen LogP contribution in [0.15, 0.2) is 76.7 Å². The summed E-state index contributed by atoms with van der Waals surface area (Å²) in [5.41, 5.74) is 3.78. The molecule has 1 amide bonds. The van der Waals surface area contributed by atoms with Crippen molar-refractivity contribution in [2.75, 3.05) is 0 Å². The molecule has 0 saturated carbocycles. The van der Waals surface area contributed by atoms with E-state index in [1.807, 2.05) is 84.9 Å². The normalized spacial score (nSPS) is 11.2. The van der Waals surface area contributed by atoms with Gasteiger partial charge in [0.15, 0.2) is 5.65 Å². The van der Waals surface area contributed by atoms with Gasteiger partial charge in [-0.15, -0.1) is 11.3 Å². The van der Waals surface area contributed by atoms with Gasteiger partial charge in [-0.3, -0.25) is 9.48 Å². The second-order valence-corrected chi connectivity index (χ2v) is 8.68. The van der Waals surface area contributed by atoms with Crippen LogP contribution in [0.5, 0.6) is 0 Å². The number of thiophene rings is 1. The van der Waals surface area contributed by atoms with E-state index in [0.717, 1.165) is 33.0 Å². The van der Waals surface area contributed by atoms with Crippen molar-refractivity contribution in [2.45, 2.75) is 20.0 Å². The molecular formula is C25H22N4O2S. The highest BCUT2D eigenvalue weighted by atomic mass is 32.1. The predicted molar refractivity (Wildman–Crippen MR) is 125 cm³/mol. The SMILES string of the molecule is Cc1nn(C)c2nc(-c3ccccc3)cc(C(=O)N(Cc3ccco3)Cc3cccs3)c12. The lowest BCUT2D eigenvalue weighted by Gasteiger charge is -2.22. The highest BCUT2D eigenvalue weighted by molar-refractivity contribution is 7.09. The number of fused-ring (bicyclic) bond motifs is 1. The second-order valence-electron chi connectivity index (χ2n) is 7.65. The fourth-order valence-electron chi connectivity index (χ4n) is 3.92. The predicted octanol–water partition coefficient (Wildman–Crippen LogP) is 5.44. The van der Waals surface area contributed by atoms with Gasteiger partial charge in [0.05, 0.1) is 41.7 Å². The van der Waals surface area contributed by atoms with Crippen LogP contribution in [-0.2, 0) is 20.1 Å². The molecule has 0 spiro atoms. The van der Waals surface area contributed by atoms with E-state index in [2.05, 4.69) is 5.10 Å². The summed E-state index contributed by atoms with van der Waals surface area (Å²) in [5.74, 6) is 0.668. The van der Waals surface area contributed by atoms with Crippen LogP contribution >= 0.6 is 11.3 Å². The molecule has 0 unspecified atom stereocenters. The molecule has 5 rings (SSSR count). The number of amides is 1. The highest BCUT2D eigenvalue weighted by Gasteiger charge is 2.24. The van der Waals surface area contributed by atoms with Crippen LogP contribution in [0.3, 0.4) is 0 Å². The number of furan rings is 1. The molecule has 32 heavy (non-hydrogen) atoms. The summed E-state index contributed by atoms with van der Waals surface area (Å²) in [4.78, 5) is 21.7. The molecule has 4 heterocycles. The monoisotopic (exact) mass is 442 g/mol. The van der Waals surface area contributed by atoms with Gasteiger partial charge in [0.1, 0.15) is 5.76 Å². The van der Waals surface area contributed by atoms with E-state index in [0.29, 0.717) is 24.3 Å². The largest absolute Gasteiger partial charge is 0.467 e. The second kappa shape index (κ2) is 8.43. The average molecular weight is 443 g/mol. The maximum Gasteiger partial charge on any atom is 0.255 e. The molecule has 4 aromatic heterocycles. The highest BCUT2D eigenvalue weighted by Crippen LogP contribution is 2.29. The number of aryl methyl sites for hydroxylation is 2. The molecule has 0 bridgehead atoms. The zero-order valence-corrected chi connectivity index (χ0v) is 18.7. The van der Waals surface area contributed by atoms with Crippen molar-refractivity contribution in [1.82, 2.24) is 19.7 Å². The third kappa shape index (κ3) is 3.83. The van der Waals surface area contributed by atoms with Gasteiger partial charge in [-0.1, -0.05) is 36.4 Å². The van der Waals surface area contributed by atoms with E-state index in [-0.39, 0.29) is 5.91 Å². The van der Waals surface area contributed by atoms with Gasteiger partial charge in [0, 0.05) is 17.5 Å². The molecule has 1 aromatic carbocycles. The van der Waals surface area contributed by atoms with Crippen LogP contribution in [0.1, 0.15) is 26.7 Å². The number of hydrogen-bond acceptors (Lipinski definition) is 5. The van der Waals surface area contributed by atoms with Crippen molar-refractivity contribution in [2.24, 2.45) is 7.05 Å². The molecule has 0 radical (unpaired) electrons. The quantitative estimate of drug-likeness (QED) is 0.351. The molecule has 5 aromatic rings. The summed E-state index contributed by atoms with van der Waals surface area (Å²) in [7, 11) is 1.86. The summed E-state index contributed by atoms with van der Waals surface area (Å²) >= 11 is 1.63. The number of nitrogens with zero attached hydrogens (tertiary/aromatic N) is 4. The Bertz CT molecular complexity index is 1320. The Morgan fingerprint density at radius 2 is 1.94 bits per heavy atom.